The summed E-state index contributed by atoms with van der Waals surface area (Å²) < 4.78 is 10.1. The second-order valence-corrected chi connectivity index (χ2v) is 3.84. The third kappa shape index (κ3) is 2.42. The summed E-state index contributed by atoms with van der Waals surface area (Å²) in [7, 11) is 1.53. The molecule has 1 aliphatic rings. The minimum absolute atomic E-state index is 0.0378. The quantitative estimate of drug-likeness (QED) is 0.623. The number of methoxy groups -OCH3 is 1. The molecule has 0 aliphatic carbocycles. The molecule has 0 bridgehead atoms. The first-order valence-corrected chi connectivity index (χ1v) is 4.45. The summed E-state index contributed by atoms with van der Waals surface area (Å²) >= 11 is 0. The maximum absolute atomic E-state index is 11.6. The molecule has 1 saturated heterocycles. The van der Waals surface area contributed by atoms with Crippen molar-refractivity contribution in [3.63, 3.8) is 0 Å². The molecule has 0 aromatic carbocycles. The zero-order valence-corrected chi connectivity index (χ0v) is 8.50. The first-order valence-electron chi connectivity index (χ1n) is 4.45. The molecule has 1 amide bonds. The number of rotatable bonds is 2. The number of hydrogen-bond acceptors (Lipinski definition) is 3. The number of hydrogen-bond donors (Lipinski definition) is 0. The number of amides is 1. The van der Waals surface area contributed by atoms with Crippen LogP contribution in [0.5, 0.6) is 0 Å². The lowest BCUT2D eigenvalue weighted by Crippen LogP contribution is -2.56. The van der Waals surface area contributed by atoms with E-state index < -0.39 is 0 Å². The lowest BCUT2D eigenvalue weighted by atomic mass is 10.0. The summed E-state index contributed by atoms with van der Waals surface area (Å²) in [6.45, 7) is 6.04. The van der Waals surface area contributed by atoms with E-state index in [1.165, 1.54) is 7.11 Å². The Morgan fingerprint density at radius 3 is 2.85 bits per heavy atom. The summed E-state index contributed by atoms with van der Waals surface area (Å²) in [4.78, 5) is 13.4. The zero-order valence-electron chi connectivity index (χ0n) is 8.50. The van der Waals surface area contributed by atoms with Gasteiger partial charge in [-0.15, -0.1) is 0 Å². The van der Waals surface area contributed by atoms with E-state index in [4.69, 9.17) is 9.47 Å². The summed E-state index contributed by atoms with van der Waals surface area (Å²) in [5, 5.41) is 0. The number of carbonyl (C=O) groups excluding carboxylic acids is 1. The first-order chi connectivity index (χ1) is 6.08. The molecule has 0 unspecified atom stereocenters. The maximum Gasteiger partial charge on any atom is 0.249 e. The van der Waals surface area contributed by atoms with Crippen LogP contribution in [0.1, 0.15) is 13.8 Å². The molecule has 4 nitrogen and oxygen atoms in total. The molecule has 0 saturated carbocycles. The van der Waals surface area contributed by atoms with Crippen LogP contribution in [0, 0.1) is 0 Å². The number of nitrogens with zero attached hydrogens (tertiary/aromatic N) is 1. The predicted molar refractivity (Wildman–Crippen MR) is 48.5 cm³/mol. The molecule has 4 heteroatoms. The van der Waals surface area contributed by atoms with Crippen LogP contribution < -0.4 is 0 Å². The zero-order chi connectivity index (χ0) is 9.90. The molecule has 0 aromatic heterocycles. The Labute approximate surface area is 78.8 Å². The van der Waals surface area contributed by atoms with Crippen LogP contribution >= 0.6 is 0 Å². The van der Waals surface area contributed by atoms with Gasteiger partial charge < -0.3 is 14.4 Å². The Hall–Kier alpha value is -0.610. The van der Waals surface area contributed by atoms with Crippen molar-refractivity contribution in [1.29, 1.82) is 0 Å². The number of ether oxygens (including phenoxy) is 2. The Kier molecular flexibility index (Phi) is 3.27. The van der Waals surface area contributed by atoms with Gasteiger partial charge in [-0.1, -0.05) is 0 Å². The highest BCUT2D eigenvalue weighted by Gasteiger charge is 2.33. The van der Waals surface area contributed by atoms with E-state index in [1.54, 1.807) is 0 Å². The molecule has 1 aliphatic heterocycles. The average Bonchev–Trinajstić information content (AvgIpc) is 2.03. The summed E-state index contributed by atoms with van der Waals surface area (Å²) in [5.41, 5.74) is -0.201. The van der Waals surface area contributed by atoms with Gasteiger partial charge in [-0.25, -0.2) is 0 Å². The van der Waals surface area contributed by atoms with E-state index in [0.717, 1.165) is 0 Å². The van der Waals surface area contributed by atoms with Gasteiger partial charge in [-0.05, 0) is 13.8 Å². The molecule has 1 heterocycles. The van der Waals surface area contributed by atoms with Crippen molar-refractivity contribution in [1.82, 2.24) is 4.90 Å². The van der Waals surface area contributed by atoms with Crippen molar-refractivity contribution >= 4 is 5.91 Å². The highest BCUT2D eigenvalue weighted by Crippen LogP contribution is 2.18. The van der Waals surface area contributed by atoms with Crippen molar-refractivity contribution in [2.45, 2.75) is 19.4 Å². The standard InChI is InChI=1S/C9H17NO3/c1-9(2)7-13-5-4-10(9)8(11)6-12-3/h4-7H2,1-3H3. The van der Waals surface area contributed by atoms with E-state index in [9.17, 15) is 4.79 Å². The van der Waals surface area contributed by atoms with Gasteiger partial charge in [0.25, 0.3) is 0 Å². The minimum atomic E-state index is -0.201. The third-order valence-electron chi connectivity index (χ3n) is 2.21. The van der Waals surface area contributed by atoms with Crippen LogP contribution in [0.2, 0.25) is 0 Å². The fourth-order valence-electron chi connectivity index (χ4n) is 1.52. The van der Waals surface area contributed by atoms with E-state index >= 15 is 0 Å². The van der Waals surface area contributed by atoms with Gasteiger partial charge in [0.2, 0.25) is 5.91 Å². The Morgan fingerprint density at radius 1 is 1.62 bits per heavy atom. The van der Waals surface area contributed by atoms with Gasteiger partial charge >= 0.3 is 0 Å². The largest absolute Gasteiger partial charge is 0.377 e. The lowest BCUT2D eigenvalue weighted by molar-refractivity contribution is -0.150. The Balaban J connectivity index is 2.59. The predicted octanol–water partition coefficient (Wildman–Crippen LogP) is 0.270. The Morgan fingerprint density at radius 2 is 2.31 bits per heavy atom. The van der Waals surface area contributed by atoms with Gasteiger partial charge in [-0.2, -0.15) is 0 Å². The summed E-state index contributed by atoms with van der Waals surface area (Å²) in [6.07, 6.45) is 0. The van der Waals surface area contributed by atoms with Gasteiger partial charge in [0.05, 0.1) is 18.8 Å². The lowest BCUT2D eigenvalue weighted by Gasteiger charge is -2.41. The Bertz CT molecular complexity index is 191. The molecule has 0 radical (unpaired) electrons. The van der Waals surface area contributed by atoms with Crippen LogP contribution in [0.15, 0.2) is 0 Å². The maximum atomic E-state index is 11.6. The monoisotopic (exact) mass is 187 g/mol. The van der Waals surface area contributed by atoms with Crippen molar-refractivity contribution in [2.75, 3.05) is 33.5 Å². The molecular formula is C9H17NO3. The van der Waals surface area contributed by atoms with E-state index in [2.05, 4.69) is 0 Å². The van der Waals surface area contributed by atoms with Crippen molar-refractivity contribution < 1.29 is 14.3 Å². The highest BCUT2D eigenvalue weighted by molar-refractivity contribution is 5.78. The smallest absolute Gasteiger partial charge is 0.249 e. The van der Waals surface area contributed by atoms with Crippen molar-refractivity contribution in [3.05, 3.63) is 0 Å². The minimum Gasteiger partial charge on any atom is -0.377 e. The van der Waals surface area contributed by atoms with Crippen LogP contribution in [0.25, 0.3) is 0 Å². The topological polar surface area (TPSA) is 38.8 Å². The molecule has 1 fully saturated rings. The highest BCUT2D eigenvalue weighted by atomic mass is 16.5. The van der Waals surface area contributed by atoms with Gasteiger partial charge in [0, 0.05) is 13.7 Å². The van der Waals surface area contributed by atoms with Crippen LogP contribution in [-0.4, -0.2) is 49.8 Å². The average molecular weight is 187 g/mol. The molecule has 0 spiro atoms. The second kappa shape index (κ2) is 4.07. The molecule has 76 valence electrons. The number of morpholine rings is 1. The second-order valence-electron chi connectivity index (χ2n) is 3.84. The SMILES string of the molecule is COCC(=O)N1CCOCC1(C)C. The molecular weight excluding hydrogens is 170 g/mol. The van der Waals surface area contributed by atoms with Crippen molar-refractivity contribution in [3.8, 4) is 0 Å². The van der Waals surface area contributed by atoms with Crippen LogP contribution in [-0.2, 0) is 14.3 Å². The van der Waals surface area contributed by atoms with E-state index in [-0.39, 0.29) is 18.1 Å². The van der Waals surface area contributed by atoms with Crippen LogP contribution in [0.3, 0.4) is 0 Å². The van der Waals surface area contributed by atoms with Gasteiger partial charge in [0.15, 0.2) is 0 Å². The van der Waals surface area contributed by atoms with Crippen molar-refractivity contribution in [2.24, 2.45) is 0 Å². The first kappa shape index (κ1) is 10.5. The number of carbonyl (C=O) groups is 1. The molecule has 13 heavy (non-hydrogen) atoms. The fourth-order valence-corrected chi connectivity index (χ4v) is 1.52. The summed E-state index contributed by atoms with van der Waals surface area (Å²) in [6, 6.07) is 0. The molecule has 1 rings (SSSR count). The third-order valence-corrected chi connectivity index (χ3v) is 2.21. The molecule has 0 atom stereocenters. The van der Waals surface area contributed by atoms with E-state index in [1.807, 2.05) is 18.7 Å². The van der Waals surface area contributed by atoms with Gasteiger partial charge in [-0.3, -0.25) is 4.79 Å². The van der Waals surface area contributed by atoms with Gasteiger partial charge in [0.1, 0.15) is 6.61 Å². The summed E-state index contributed by atoms with van der Waals surface area (Å²) in [5.74, 6) is 0.0378. The fraction of sp³-hybridized carbons (Fsp3) is 0.889. The molecule has 0 aromatic rings. The normalized spacial score (nSPS) is 21.6. The van der Waals surface area contributed by atoms with E-state index in [0.29, 0.717) is 19.8 Å². The van der Waals surface area contributed by atoms with Crippen LogP contribution in [0.4, 0.5) is 0 Å². The molecule has 0 N–H and O–H groups in total.